The third kappa shape index (κ3) is 3.34. The fraction of sp³-hybridized carbons (Fsp3) is 0.222. The zero-order valence-electron chi connectivity index (χ0n) is 12.5. The van der Waals surface area contributed by atoms with E-state index in [0.717, 1.165) is 17.7 Å². The molecule has 0 saturated carbocycles. The van der Waals surface area contributed by atoms with E-state index in [-0.39, 0.29) is 5.91 Å². The monoisotopic (exact) mass is 310 g/mol. The first-order valence-corrected chi connectivity index (χ1v) is 8.29. The van der Waals surface area contributed by atoms with E-state index < -0.39 is 0 Å². The van der Waals surface area contributed by atoms with Crippen LogP contribution < -0.4 is 5.32 Å². The number of carbonyl (C=O) groups is 1. The number of benzene rings is 2. The maximum absolute atomic E-state index is 11.6. The van der Waals surface area contributed by atoms with Crippen LogP contribution in [0.5, 0.6) is 0 Å². The SMILES string of the molecule is CCCC(=O)Nc1ncc(Cc2cccc3ccccc23)s1. The molecule has 0 aliphatic rings. The van der Waals surface area contributed by atoms with Crippen LogP contribution in [0.2, 0.25) is 0 Å². The number of nitrogens with zero attached hydrogens (tertiary/aromatic N) is 1. The molecule has 22 heavy (non-hydrogen) atoms. The molecule has 1 N–H and O–H groups in total. The maximum atomic E-state index is 11.6. The van der Waals surface area contributed by atoms with Crippen molar-refractivity contribution < 1.29 is 4.79 Å². The molecule has 0 saturated heterocycles. The lowest BCUT2D eigenvalue weighted by atomic mass is 10.0. The lowest BCUT2D eigenvalue weighted by Crippen LogP contribution is -2.09. The lowest BCUT2D eigenvalue weighted by molar-refractivity contribution is -0.116. The minimum Gasteiger partial charge on any atom is -0.302 e. The van der Waals surface area contributed by atoms with Gasteiger partial charge in [0, 0.05) is 23.9 Å². The van der Waals surface area contributed by atoms with Gasteiger partial charge in [-0.2, -0.15) is 0 Å². The van der Waals surface area contributed by atoms with Gasteiger partial charge in [-0.1, -0.05) is 49.4 Å². The van der Waals surface area contributed by atoms with Crippen LogP contribution in [0.4, 0.5) is 5.13 Å². The van der Waals surface area contributed by atoms with Crippen LogP contribution >= 0.6 is 11.3 Å². The maximum Gasteiger partial charge on any atom is 0.226 e. The Morgan fingerprint density at radius 2 is 2.00 bits per heavy atom. The van der Waals surface area contributed by atoms with Crippen molar-refractivity contribution in [3.8, 4) is 0 Å². The van der Waals surface area contributed by atoms with E-state index in [1.807, 2.05) is 13.1 Å². The molecule has 0 aliphatic carbocycles. The molecule has 3 nitrogen and oxygen atoms in total. The molecule has 0 atom stereocenters. The Morgan fingerprint density at radius 1 is 1.18 bits per heavy atom. The zero-order valence-corrected chi connectivity index (χ0v) is 13.3. The number of hydrogen-bond acceptors (Lipinski definition) is 3. The van der Waals surface area contributed by atoms with Crippen LogP contribution in [-0.4, -0.2) is 10.9 Å². The molecule has 0 spiro atoms. The van der Waals surface area contributed by atoms with Gasteiger partial charge in [0.05, 0.1) is 0 Å². The van der Waals surface area contributed by atoms with Gasteiger partial charge >= 0.3 is 0 Å². The van der Waals surface area contributed by atoms with Crippen LogP contribution in [0.1, 0.15) is 30.2 Å². The smallest absolute Gasteiger partial charge is 0.226 e. The Hall–Kier alpha value is -2.20. The number of amides is 1. The second-order valence-corrected chi connectivity index (χ2v) is 6.36. The Kier molecular flexibility index (Phi) is 4.49. The zero-order chi connectivity index (χ0) is 15.4. The molecule has 4 heteroatoms. The average molecular weight is 310 g/mol. The summed E-state index contributed by atoms with van der Waals surface area (Å²) < 4.78 is 0. The predicted molar refractivity (Wildman–Crippen MR) is 92.4 cm³/mol. The third-order valence-electron chi connectivity index (χ3n) is 3.52. The molecule has 0 bridgehead atoms. The van der Waals surface area contributed by atoms with Gasteiger partial charge in [-0.3, -0.25) is 4.79 Å². The third-order valence-corrected chi connectivity index (χ3v) is 4.43. The van der Waals surface area contributed by atoms with E-state index in [1.54, 1.807) is 11.3 Å². The van der Waals surface area contributed by atoms with Gasteiger partial charge in [0.25, 0.3) is 0 Å². The number of carbonyl (C=O) groups excluding carboxylic acids is 1. The van der Waals surface area contributed by atoms with E-state index in [2.05, 4.69) is 52.8 Å². The van der Waals surface area contributed by atoms with Gasteiger partial charge < -0.3 is 5.32 Å². The minimum absolute atomic E-state index is 0.0357. The number of aromatic nitrogens is 1. The summed E-state index contributed by atoms with van der Waals surface area (Å²) >= 11 is 1.55. The molecule has 0 unspecified atom stereocenters. The summed E-state index contributed by atoms with van der Waals surface area (Å²) in [5.74, 6) is 0.0357. The molecule has 3 aromatic rings. The van der Waals surface area contributed by atoms with Gasteiger partial charge in [-0.15, -0.1) is 11.3 Å². The van der Waals surface area contributed by atoms with E-state index in [4.69, 9.17) is 0 Å². The fourth-order valence-corrected chi connectivity index (χ4v) is 3.34. The highest BCUT2D eigenvalue weighted by Gasteiger charge is 2.08. The summed E-state index contributed by atoms with van der Waals surface area (Å²) in [5, 5.41) is 6.07. The number of hydrogen-bond donors (Lipinski definition) is 1. The Morgan fingerprint density at radius 3 is 2.86 bits per heavy atom. The van der Waals surface area contributed by atoms with Crippen molar-refractivity contribution >= 4 is 33.1 Å². The van der Waals surface area contributed by atoms with E-state index in [1.165, 1.54) is 16.3 Å². The van der Waals surface area contributed by atoms with Crippen LogP contribution in [0.25, 0.3) is 10.8 Å². The molecule has 1 aromatic heterocycles. The number of thiazole rings is 1. The standard InChI is InChI=1S/C18H18N2OS/c1-2-6-17(21)20-18-19-12-15(22-18)11-14-9-5-8-13-7-3-4-10-16(13)14/h3-5,7-10,12H,2,6,11H2,1H3,(H,19,20,21). The summed E-state index contributed by atoms with van der Waals surface area (Å²) in [7, 11) is 0. The predicted octanol–water partition coefficient (Wildman–Crippen LogP) is 4.63. The Labute approximate surface area is 134 Å². The highest BCUT2D eigenvalue weighted by atomic mass is 32.1. The van der Waals surface area contributed by atoms with E-state index in [0.29, 0.717) is 11.6 Å². The fourth-order valence-electron chi connectivity index (χ4n) is 2.49. The van der Waals surface area contributed by atoms with Crippen molar-refractivity contribution in [1.29, 1.82) is 0 Å². The highest BCUT2D eigenvalue weighted by molar-refractivity contribution is 7.15. The number of anilines is 1. The lowest BCUT2D eigenvalue weighted by Gasteiger charge is -2.04. The number of rotatable bonds is 5. The van der Waals surface area contributed by atoms with Crippen LogP contribution in [-0.2, 0) is 11.2 Å². The summed E-state index contributed by atoms with van der Waals surface area (Å²) in [6.07, 6.45) is 4.08. The molecule has 3 rings (SSSR count). The van der Waals surface area contributed by atoms with Gasteiger partial charge in [0.2, 0.25) is 5.91 Å². The van der Waals surface area contributed by atoms with Crippen molar-refractivity contribution in [2.75, 3.05) is 5.32 Å². The number of fused-ring (bicyclic) bond motifs is 1. The van der Waals surface area contributed by atoms with Crippen molar-refractivity contribution in [1.82, 2.24) is 4.98 Å². The molecule has 0 radical (unpaired) electrons. The van der Waals surface area contributed by atoms with E-state index in [9.17, 15) is 4.79 Å². The quantitative estimate of drug-likeness (QED) is 0.747. The van der Waals surface area contributed by atoms with Crippen LogP contribution in [0.15, 0.2) is 48.7 Å². The first kappa shape index (κ1) is 14.7. The summed E-state index contributed by atoms with van der Waals surface area (Å²) in [5.41, 5.74) is 1.29. The molecular weight excluding hydrogens is 292 g/mol. The van der Waals surface area contributed by atoms with Crippen LogP contribution in [0, 0.1) is 0 Å². The van der Waals surface area contributed by atoms with Crippen molar-refractivity contribution in [2.24, 2.45) is 0 Å². The van der Waals surface area contributed by atoms with Crippen molar-refractivity contribution in [3.05, 3.63) is 59.1 Å². The van der Waals surface area contributed by atoms with Crippen LogP contribution in [0.3, 0.4) is 0 Å². The Bertz CT molecular complexity index is 789. The molecule has 0 fully saturated rings. The normalized spacial score (nSPS) is 10.8. The van der Waals surface area contributed by atoms with Crippen molar-refractivity contribution in [2.45, 2.75) is 26.2 Å². The summed E-state index contributed by atoms with van der Waals surface area (Å²) in [4.78, 5) is 17.1. The van der Waals surface area contributed by atoms with Crippen molar-refractivity contribution in [3.63, 3.8) is 0 Å². The highest BCUT2D eigenvalue weighted by Crippen LogP contribution is 2.25. The molecule has 0 aliphatic heterocycles. The summed E-state index contributed by atoms with van der Waals surface area (Å²) in [6.45, 7) is 1.99. The van der Waals surface area contributed by atoms with Gasteiger partial charge in [0.1, 0.15) is 0 Å². The van der Waals surface area contributed by atoms with E-state index >= 15 is 0 Å². The number of nitrogens with one attached hydrogen (secondary N) is 1. The topological polar surface area (TPSA) is 42.0 Å². The molecular formula is C18H18N2OS. The molecule has 2 aromatic carbocycles. The largest absolute Gasteiger partial charge is 0.302 e. The summed E-state index contributed by atoms with van der Waals surface area (Å²) in [6, 6.07) is 14.8. The molecule has 1 amide bonds. The van der Waals surface area contributed by atoms with Gasteiger partial charge in [-0.05, 0) is 22.8 Å². The molecule has 112 valence electrons. The Balaban J connectivity index is 1.78. The first-order chi connectivity index (χ1) is 10.8. The second-order valence-electron chi connectivity index (χ2n) is 5.24. The van der Waals surface area contributed by atoms with Gasteiger partial charge in [-0.25, -0.2) is 4.98 Å². The van der Waals surface area contributed by atoms with Gasteiger partial charge in [0.15, 0.2) is 5.13 Å². The molecule has 1 heterocycles. The second kappa shape index (κ2) is 6.71. The first-order valence-electron chi connectivity index (χ1n) is 7.47. The minimum atomic E-state index is 0.0357. The average Bonchev–Trinajstić information content (AvgIpc) is 2.95.